The molecule has 0 radical (unpaired) electrons. The number of likely N-dealkylation sites (N-methyl/N-ethyl adjacent to an activating group) is 1. The van der Waals surface area contributed by atoms with Gasteiger partial charge in [0.15, 0.2) is 0 Å². The first kappa shape index (κ1) is 23.8. The van der Waals surface area contributed by atoms with Crippen molar-refractivity contribution in [2.75, 3.05) is 20.2 Å². The van der Waals surface area contributed by atoms with Gasteiger partial charge >= 0.3 is 5.97 Å². The average Bonchev–Trinajstić information content (AvgIpc) is 2.76. The van der Waals surface area contributed by atoms with Crippen LogP contribution in [0.1, 0.15) is 44.6 Å². The predicted octanol–water partition coefficient (Wildman–Crippen LogP) is 1.29. The highest BCUT2D eigenvalue weighted by Gasteiger charge is 2.23. The Labute approximate surface area is 178 Å². The number of rotatable bonds is 11. The topological polar surface area (TPSA) is 106 Å². The molecule has 2 amide bonds. The first-order valence-electron chi connectivity index (χ1n) is 10.6. The number of hydrogen-bond acceptors (Lipinski definition) is 6. The molecule has 0 unspecified atom stereocenters. The zero-order chi connectivity index (χ0) is 21.8. The highest BCUT2D eigenvalue weighted by Crippen LogP contribution is 2.20. The van der Waals surface area contributed by atoms with Crippen molar-refractivity contribution >= 4 is 17.8 Å². The normalized spacial score (nSPS) is 16.3. The van der Waals surface area contributed by atoms with Crippen molar-refractivity contribution in [3.05, 3.63) is 35.9 Å². The van der Waals surface area contributed by atoms with Crippen LogP contribution in [0.2, 0.25) is 0 Å². The van der Waals surface area contributed by atoms with Gasteiger partial charge in [0.2, 0.25) is 11.8 Å². The van der Waals surface area contributed by atoms with Crippen LogP contribution in [-0.4, -0.2) is 56.2 Å². The number of carbonyl (C=O) groups excluding carboxylic acids is 3. The van der Waals surface area contributed by atoms with Crippen molar-refractivity contribution in [1.82, 2.24) is 16.0 Å². The molecule has 8 nitrogen and oxygen atoms in total. The molecule has 1 fully saturated rings. The monoisotopic (exact) mass is 419 g/mol. The molecule has 3 N–H and O–H groups in total. The number of amides is 2. The zero-order valence-electron chi connectivity index (χ0n) is 17.8. The summed E-state index contributed by atoms with van der Waals surface area (Å²) < 4.78 is 11.0. The summed E-state index contributed by atoms with van der Waals surface area (Å²) >= 11 is 0. The largest absolute Gasteiger partial charge is 0.461 e. The van der Waals surface area contributed by atoms with Crippen LogP contribution >= 0.6 is 0 Å². The summed E-state index contributed by atoms with van der Waals surface area (Å²) in [5.41, 5.74) is 1.01. The van der Waals surface area contributed by atoms with Crippen molar-refractivity contribution in [1.29, 1.82) is 0 Å². The van der Waals surface area contributed by atoms with Gasteiger partial charge in [-0.05, 0) is 45.2 Å². The maximum Gasteiger partial charge on any atom is 0.325 e. The van der Waals surface area contributed by atoms with Crippen molar-refractivity contribution in [2.45, 2.75) is 63.8 Å². The minimum Gasteiger partial charge on any atom is -0.461 e. The molecule has 0 spiro atoms. The molecule has 0 aliphatic heterocycles. The molecule has 8 heteroatoms. The van der Waals surface area contributed by atoms with Crippen LogP contribution in [0.3, 0.4) is 0 Å². The van der Waals surface area contributed by atoms with Crippen LogP contribution < -0.4 is 16.0 Å². The second kappa shape index (κ2) is 13.0. The Kier molecular flexibility index (Phi) is 10.3. The van der Waals surface area contributed by atoms with E-state index in [0.29, 0.717) is 6.61 Å². The van der Waals surface area contributed by atoms with Crippen LogP contribution in [0.4, 0.5) is 0 Å². The summed E-state index contributed by atoms with van der Waals surface area (Å²) in [7, 11) is 1.65. The number of ether oxygens (including phenoxy) is 2. The van der Waals surface area contributed by atoms with Gasteiger partial charge in [0.1, 0.15) is 24.7 Å². The first-order chi connectivity index (χ1) is 14.5. The van der Waals surface area contributed by atoms with Gasteiger partial charge in [0.25, 0.3) is 0 Å². The molecule has 1 saturated carbocycles. The van der Waals surface area contributed by atoms with E-state index in [9.17, 15) is 14.4 Å². The van der Waals surface area contributed by atoms with Crippen molar-refractivity contribution in [2.24, 2.45) is 0 Å². The third-order valence-electron chi connectivity index (χ3n) is 5.07. The Bertz CT molecular complexity index is 677. The van der Waals surface area contributed by atoms with Crippen molar-refractivity contribution < 1.29 is 23.9 Å². The van der Waals surface area contributed by atoms with E-state index in [1.54, 1.807) is 14.0 Å². The number of hydrogen-bond donors (Lipinski definition) is 3. The average molecular weight is 420 g/mol. The van der Waals surface area contributed by atoms with Crippen LogP contribution in [0.5, 0.6) is 0 Å². The Hall–Kier alpha value is -2.45. The zero-order valence-corrected chi connectivity index (χ0v) is 17.8. The molecule has 30 heavy (non-hydrogen) atoms. The molecular formula is C22H33N3O5. The highest BCUT2D eigenvalue weighted by atomic mass is 16.5. The fraction of sp³-hybridized carbons (Fsp3) is 0.591. The molecule has 2 rings (SSSR count). The van der Waals surface area contributed by atoms with Gasteiger partial charge in [-0.1, -0.05) is 36.8 Å². The summed E-state index contributed by atoms with van der Waals surface area (Å²) in [6.45, 7) is 1.92. The van der Waals surface area contributed by atoms with Gasteiger partial charge in [-0.25, -0.2) is 0 Å². The molecule has 1 aromatic carbocycles. The summed E-state index contributed by atoms with van der Waals surface area (Å²) in [5.74, 6) is -1.24. The molecule has 2 atom stereocenters. The number of nitrogens with one attached hydrogen (secondary N) is 3. The summed E-state index contributed by atoms with van der Waals surface area (Å²) in [4.78, 5) is 36.5. The lowest BCUT2D eigenvalue weighted by Gasteiger charge is -2.22. The van der Waals surface area contributed by atoms with E-state index in [4.69, 9.17) is 9.47 Å². The molecule has 1 aliphatic carbocycles. The van der Waals surface area contributed by atoms with Gasteiger partial charge < -0.3 is 25.4 Å². The summed E-state index contributed by atoms with van der Waals surface area (Å²) in [5, 5.41) is 8.04. The Morgan fingerprint density at radius 2 is 1.77 bits per heavy atom. The molecule has 1 aromatic rings. The van der Waals surface area contributed by atoms with Gasteiger partial charge in [-0.15, -0.1) is 0 Å². The van der Waals surface area contributed by atoms with E-state index in [1.807, 2.05) is 30.3 Å². The third kappa shape index (κ3) is 8.51. The Morgan fingerprint density at radius 1 is 1.07 bits per heavy atom. The first-order valence-corrected chi connectivity index (χ1v) is 10.6. The van der Waals surface area contributed by atoms with Gasteiger partial charge in [-0.3, -0.25) is 14.4 Å². The van der Waals surface area contributed by atoms with E-state index in [0.717, 1.165) is 31.2 Å². The number of carbonyl (C=O) groups is 3. The molecule has 0 heterocycles. The molecular weight excluding hydrogens is 386 g/mol. The molecule has 0 bridgehead atoms. The second-order valence-corrected chi connectivity index (χ2v) is 7.54. The minimum absolute atomic E-state index is 0.0486. The van der Waals surface area contributed by atoms with Crippen LogP contribution in [0.25, 0.3) is 0 Å². The van der Waals surface area contributed by atoms with Gasteiger partial charge in [-0.2, -0.15) is 0 Å². The van der Waals surface area contributed by atoms with Gasteiger partial charge in [0.05, 0.1) is 13.2 Å². The molecule has 0 saturated heterocycles. The highest BCUT2D eigenvalue weighted by molar-refractivity contribution is 5.91. The SMILES string of the molecule is CN[C@H](COCc1ccccc1)C(=O)N[C@H](C)C(=O)NCC(=O)OC1CCCCC1. The minimum atomic E-state index is -0.787. The van der Waals surface area contributed by atoms with E-state index in [1.165, 1.54) is 6.42 Å². The van der Waals surface area contributed by atoms with Gasteiger partial charge in [0, 0.05) is 0 Å². The van der Waals surface area contributed by atoms with Crippen LogP contribution in [-0.2, 0) is 30.5 Å². The number of esters is 1. The Morgan fingerprint density at radius 3 is 2.43 bits per heavy atom. The Balaban J connectivity index is 1.67. The standard InChI is InChI=1S/C22H33N3O5/c1-16(21(27)24-13-20(26)30-18-11-7-4-8-12-18)25-22(28)19(23-2)15-29-14-17-9-5-3-6-10-17/h3,5-6,9-10,16,18-19,23H,4,7-8,11-15H2,1-2H3,(H,24,27)(H,25,28)/t16-,19-/m1/s1. The lowest BCUT2D eigenvalue weighted by atomic mass is 9.98. The smallest absolute Gasteiger partial charge is 0.325 e. The summed E-state index contributed by atoms with van der Waals surface area (Å²) in [6.07, 6.45) is 5.01. The lowest BCUT2D eigenvalue weighted by Crippen LogP contribution is -2.53. The maximum atomic E-state index is 12.4. The van der Waals surface area contributed by atoms with E-state index < -0.39 is 24.0 Å². The predicted molar refractivity (Wildman–Crippen MR) is 113 cm³/mol. The second-order valence-electron chi connectivity index (χ2n) is 7.54. The van der Waals surface area contributed by atoms with E-state index in [-0.39, 0.29) is 25.2 Å². The number of benzene rings is 1. The molecule has 1 aliphatic rings. The molecule has 166 valence electrons. The van der Waals surface area contributed by atoms with Crippen molar-refractivity contribution in [3.8, 4) is 0 Å². The van der Waals surface area contributed by atoms with E-state index in [2.05, 4.69) is 16.0 Å². The maximum absolute atomic E-state index is 12.4. The van der Waals surface area contributed by atoms with Crippen molar-refractivity contribution in [3.63, 3.8) is 0 Å². The fourth-order valence-electron chi connectivity index (χ4n) is 3.26. The third-order valence-corrected chi connectivity index (χ3v) is 5.07. The lowest BCUT2D eigenvalue weighted by molar-refractivity contribution is -0.150. The van der Waals surface area contributed by atoms with Crippen LogP contribution in [0, 0.1) is 0 Å². The van der Waals surface area contributed by atoms with Crippen LogP contribution in [0.15, 0.2) is 30.3 Å². The fourth-order valence-corrected chi connectivity index (χ4v) is 3.26. The van der Waals surface area contributed by atoms with E-state index >= 15 is 0 Å². The summed E-state index contributed by atoms with van der Waals surface area (Å²) in [6, 6.07) is 8.28. The molecule has 0 aromatic heterocycles. The quantitative estimate of drug-likeness (QED) is 0.467.